The predicted octanol–water partition coefficient (Wildman–Crippen LogP) is 1.69. The van der Waals surface area contributed by atoms with E-state index >= 15 is 0 Å². The first kappa shape index (κ1) is 14.2. The molecule has 6 nitrogen and oxygen atoms in total. The van der Waals surface area contributed by atoms with Crippen LogP contribution in [0.3, 0.4) is 0 Å². The SMILES string of the molecule is CC(CN(C)C)Nc1nc(C(=O)O)nc2ccccc12. The van der Waals surface area contributed by atoms with Crippen molar-refractivity contribution in [2.75, 3.05) is 26.0 Å². The van der Waals surface area contributed by atoms with Crippen molar-refractivity contribution >= 4 is 22.7 Å². The molecule has 0 fully saturated rings. The summed E-state index contributed by atoms with van der Waals surface area (Å²) in [5.41, 5.74) is 0.624. The minimum absolute atomic E-state index is 0.143. The Morgan fingerprint density at radius 2 is 2.05 bits per heavy atom. The zero-order valence-electron chi connectivity index (χ0n) is 11.8. The largest absolute Gasteiger partial charge is 0.475 e. The van der Waals surface area contributed by atoms with Crippen molar-refractivity contribution in [2.24, 2.45) is 0 Å². The molecule has 0 amide bonds. The van der Waals surface area contributed by atoms with Gasteiger partial charge in [-0.3, -0.25) is 0 Å². The van der Waals surface area contributed by atoms with E-state index in [4.69, 9.17) is 5.11 Å². The van der Waals surface area contributed by atoms with Crippen LogP contribution in [0.25, 0.3) is 10.9 Å². The summed E-state index contributed by atoms with van der Waals surface area (Å²) in [4.78, 5) is 21.3. The molecule has 1 heterocycles. The average molecular weight is 274 g/mol. The van der Waals surface area contributed by atoms with Crippen molar-refractivity contribution in [3.63, 3.8) is 0 Å². The number of likely N-dealkylation sites (N-methyl/N-ethyl adjacent to an activating group) is 1. The molecule has 0 aliphatic rings. The van der Waals surface area contributed by atoms with Gasteiger partial charge in [-0.1, -0.05) is 12.1 Å². The Balaban J connectivity index is 2.42. The van der Waals surface area contributed by atoms with E-state index in [2.05, 4.69) is 20.2 Å². The van der Waals surface area contributed by atoms with Gasteiger partial charge < -0.3 is 15.3 Å². The highest BCUT2D eigenvalue weighted by atomic mass is 16.4. The van der Waals surface area contributed by atoms with Crippen LogP contribution in [0, 0.1) is 0 Å². The minimum atomic E-state index is -1.13. The van der Waals surface area contributed by atoms with Crippen molar-refractivity contribution in [2.45, 2.75) is 13.0 Å². The number of hydrogen-bond donors (Lipinski definition) is 2. The number of nitrogens with zero attached hydrogens (tertiary/aromatic N) is 3. The zero-order valence-corrected chi connectivity index (χ0v) is 11.8. The maximum absolute atomic E-state index is 11.1. The van der Waals surface area contributed by atoms with Crippen LogP contribution in [0.5, 0.6) is 0 Å². The molecule has 106 valence electrons. The molecule has 0 saturated heterocycles. The van der Waals surface area contributed by atoms with E-state index in [0.717, 1.165) is 11.9 Å². The molecule has 6 heteroatoms. The standard InChI is InChI=1S/C14H18N4O2/c1-9(8-18(2)3)15-12-10-6-4-5-7-11(10)16-13(17-12)14(19)20/h4-7,9H,8H2,1-3H3,(H,19,20)(H,15,16,17). The Hall–Kier alpha value is -2.21. The highest BCUT2D eigenvalue weighted by molar-refractivity contribution is 5.93. The second-order valence-corrected chi connectivity index (χ2v) is 5.03. The van der Waals surface area contributed by atoms with Crippen LogP contribution in [0.4, 0.5) is 5.82 Å². The zero-order chi connectivity index (χ0) is 14.7. The number of hydrogen-bond acceptors (Lipinski definition) is 5. The molecule has 0 spiro atoms. The maximum atomic E-state index is 11.1. The Morgan fingerprint density at radius 3 is 2.70 bits per heavy atom. The topological polar surface area (TPSA) is 78.4 Å². The highest BCUT2D eigenvalue weighted by Gasteiger charge is 2.14. The second kappa shape index (κ2) is 5.83. The molecule has 1 unspecified atom stereocenters. The van der Waals surface area contributed by atoms with E-state index in [1.54, 1.807) is 6.07 Å². The van der Waals surface area contributed by atoms with Crippen molar-refractivity contribution < 1.29 is 9.90 Å². The summed E-state index contributed by atoms with van der Waals surface area (Å²) < 4.78 is 0. The summed E-state index contributed by atoms with van der Waals surface area (Å²) in [7, 11) is 3.97. The number of rotatable bonds is 5. The van der Waals surface area contributed by atoms with Crippen LogP contribution in [-0.4, -0.2) is 52.6 Å². The molecular weight excluding hydrogens is 256 g/mol. The molecule has 0 radical (unpaired) electrons. The summed E-state index contributed by atoms with van der Waals surface area (Å²) in [6.07, 6.45) is 0. The van der Waals surface area contributed by atoms with E-state index in [-0.39, 0.29) is 11.9 Å². The Morgan fingerprint density at radius 1 is 1.35 bits per heavy atom. The van der Waals surface area contributed by atoms with Crippen LogP contribution < -0.4 is 5.32 Å². The van der Waals surface area contributed by atoms with Gasteiger partial charge in [-0.05, 0) is 33.2 Å². The van der Waals surface area contributed by atoms with Crippen LogP contribution in [0.2, 0.25) is 0 Å². The van der Waals surface area contributed by atoms with E-state index in [1.165, 1.54) is 0 Å². The molecule has 2 aromatic rings. The van der Waals surface area contributed by atoms with Crippen molar-refractivity contribution in [3.8, 4) is 0 Å². The number of fused-ring (bicyclic) bond motifs is 1. The smallest absolute Gasteiger partial charge is 0.374 e. The first-order valence-electron chi connectivity index (χ1n) is 6.38. The summed E-state index contributed by atoms with van der Waals surface area (Å²) in [6.45, 7) is 2.85. The molecule has 1 aromatic heterocycles. The normalized spacial score (nSPS) is 12.6. The molecule has 0 aliphatic heterocycles. The minimum Gasteiger partial charge on any atom is -0.475 e. The number of nitrogens with one attached hydrogen (secondary N) is 1. The highest BCUT2D eigenvalue weighted by Crippen LogP contribution is 2.20. The van der Waals surface area contributed by atoms with Gasteiger partial charge in [0.25, 0.3) is 0 Å². The predicted molar refractivity (Wildman–Crippen MR) is 78.1 cm³/mol. The average Bonchev–Trinajstić information content (AvgIpc) is 2.37. The molecule has 0 bridgehead atoms. The third-order valence-electron chi connectivity index (χ3n) is 2.82. The van der Waals surface area contributed by atoms with Crippen molar-refractivity contribution in [3.05, 3.63) is 30.1 Å². The quantitative estimate of drug-likeness (QED) is 0.864. The lowest BCUT2D eigenvalue weighted by molar-refractivity contribution is 0.0684. The monoisotopic (exact) mass is 274 g/mol. The summed E-state index contributed by atoms with van der Waals surface area (Å²) >= 11 is 0. The van der Waals surface area contributed by atoms with Crippen LogP contribution >= 0.6 is 0 Å². The van der Waals surface area contributed by atoms with Gasteiger partial charge in [-0.2, -0.15) is 0 Å². The fourth-order valence-electron chi connectivity index (χ4n) is 2.11. The first-order chi connectivity index (χ1) is 9.47. The molecule has 1 atom stereocenters. The second-order valence-electron chi connectivity index (χ2n) is 5.03. The Labute approximate surface area is 117 Å². The number of anilines is 1. The van der Waals surface area contributed by atoms with Crippen molar-refractivity contribution in [1.29, 1.82) is 0 Å². The molecule has 0 aliphatic carbocycles. The van der Waals surface area contributed by atoms with E-state index in [0.29, 0.717) is 11.3 Å². The van der Waals surface area contributed by atoms with Crippen LogP contribution in [-0.2, 0) is 0 Å². The number of carbonyl (C=O) groups is 1. The van der Waals surface area contributed by atoms with E-state index in [9.17, 15) is 4.79 Å². The number of benzene rings is 1. The fraction of sp³-hybridized carbons (Fsp3) is 0.357. The van der Waals surface area contributed by atoms with Gasteiger partial charge in [0, 0.05) is 18.0 Å². The number of carboxylic acids is 1. The van der Waals surface area contributed by atoms with Gasteiger partial charge in [-0.15, -0.1) is 0 Å². The summed E-state index contributed by atoms with van der Waals surface area (Å²) in [5.74, 6) is -0.760. The van der Waals surface area contributed by atoms with Crippen molar-refractivity contribution in [1.82, 2.24) is 14.9 Å². The van der Waals surface area contributed by atoms with Gasteiger partial charge in [0.1, 0.15) is 5.82 Å². The van der Waals surface area contributed by atoms with Gasteiger partial charge >= 0.3 is 5.97 Å². The number of aromatic carboxylic acids is 1. The number of carboxylic acid groups (broad SMARTS) is 1. The number of aromatic nitrogens is 2. The molecule has 0 saturated carbocycles. The van der Waals surface area contributed by atoms with E-state index in [1.807, 2.05) is 39.2 Å². The molecular formula is C14H18N4O2. The van der Waals surface area contributed by atoms with Crippen LogP contribution in [0.15, 0.2) is 24.3 Å². The van der Waals surface area contributed by atoms with Gasteiger partial charge in [0.15, 0.2) is 0 Å². The van der Waals surface area contributed by atoms with Gasteiger partial charge in [0.2, 0.25) is 5.82 Å². The maximum Gasteiger partial charge on any atom is 0.374 e. The number of para-hydroxylation sites is 1. The Kier molecular flexibility index (Phi) is 4.14. The Bertz CT molecular complexity index is 628. The first-order valence-corrected chi connectivity index (χ1v) is 6.38. The van der Waals surface area contributed by atoms with Gasteiger partial charge in [-0.25, -0.2) is 14.8 Å². The summed E-state index contributed by atoms with van der Waals surface area (Å²) in [5, 5.41) is 13.2. The molecule has 1 aromatic carbocycles. The van der Waals surface area contributed by atoms with E-state index < -0.39 is 5.97 Å². The lowest BCUT2D eigenvalue weighted by Crippen LogP contribution is -2.30. The van der Waals surface area contributed by atoms with Crippen LogP contribution in [0.1, 0.15) is 17.5 Å². The lowest BCUT2D eigenvalue weighted by atomic mass is 10.2. The third kappa shape index (κ3) is 3.21. The molecule has 2 N–H and O–H groups in total. The molecule has 2 rings (SSSR count). The molecule has 20 heavy (non-hydrogen) atoms. The lowest BCUT2D eigenvalue weighted by Gasteiger charge is -2.19. The summed E-state index contributed by atoms with van der Waals surface area (Å²) in [6, 6.07) is 7.52. The fourth-order valence-corrected chi connectivity index (χ4v) is 2.11. The van der Waals surface area contributed by atoms with Gasteiger partial charge in [0.05, 0.1) is 5.52 Å². The third-order valence-corrected chi connectivity index (χ3v) is 2.82.